The highest BCUT2D eigenvalue weighted by molar-refractivity contribution is 6.30. The second-order valence-corrected chi connectivity index (χ2v) is 9.78. The van der Waals surface area contributed by atoms with Gasteiger partial charge in [0.1, 0.15) is 5.41 Å². The fourth-order valence-corrected chi connectivity index (χ4v) is 5.75. The summed E-state index contributed by atoms with van der Waals surface area (Å²) >= 11 is 6.14. The minimum Gasteiger partial charge on any atom is -0.358 e. The molecule has 2 aliphatic heterocycles. The zero-order chi connectivity index (χ0) is 25.1. The van der Waals surface area contributed by atoms with Crippen LogP contribution in [0, 0.1) is 11.3 Å². The van der Waals surface area contributed by atoms with E-state index >= 15 is 0 Å². The van der Waals surface area contributed by atoms with E-state index in [1.54, 1.807) is 19.2 Å². The number of fused-ring (bicyclic) bond motifs is 1. The molecule has 2 aliphatic rings. The molecule has 4 unspecified atom stereocenters. The van der Waals surface area contributed by atoms with Crippen molar-refractivity contribution < 1.29 is 9.59 Å². The molecule has 0 aromatic heterocycles. The Balaban J connectivity index is 1.66. The zero-order valence-electron chi connectivity index (χ0n) is 20.0. The first-order valence-corrected chi connectivity index (χ1v) is 12.5. The number of benzene rings is 3. The van der Waals surface area contributed by atoms with E-state index in [0.29, 0.717) is 11.6 Å². The number of nitrogens with one attached hydrogen (secondary N) is 4. The number of hydrogen-bond donors (Lipinski definition) is 4. The molecule has 7 heteroatoms. The number of carbonyl (C=O) groups excluding carboxylic acids is 2. The molecule has 36 heavy (non-hydrogen) atoms. The van der Waals surface area contributed by atoms with Gasteiger partial charge in [0.15, 0.2) is 0 Å². The maximum Gasteiger partial charge on any atom is 0.236 e. The van der Waals surface area contributed by atoms with Gasteiger partial charge in [-0.15, -0.1) is 0 Å². The van der Waals surface area contributed by atoms with Crippen LogP contribution in [0.2, 0.25) is 5.02 Å². The Bertz CT molecular complexity index is 1270. The molecule has 0 radical (unpaired) electrons. The van der Waals surface area contributed by atoms with Crippen LogP contribution in [-0.4, -0.2) is 31.4 Å². The SMILES string of the molecule is CNC(=O)C1(Cc2ccc(Cl)cc2)C(=O)NCC(c2ccccc2)C1C1C=Cc2ccccc2NN1. The Kier molecular flexibility index (Phi) is 6.81. The van der Waals surface area contributed by atoms with Gasteiger partial charge in [-0.3, -0.25) is 9.59 Å². The van der Waals surface area contributed by atoms with Crippen LogP contribution in [0.25, 0.3) is 6.08 Å². The third-order valence-electron chi connectivity index (χ3n) is 7.35. The molecule has 184 valence electrons. The third-order valence-corrected chi connectivity index (χ3v) is 7.60. The maximum absolute atomic E-state index is 13.9. The van der Waals surface area contributed by atoms with E-state index in [4.69, 9.17) is 11.6 Å². The minimum atomic E-state index is -1.37. The van der Waals surface area contributed by atoms with Gasteiger partial charge in [-0.2, -0.15) is 0 Å². The van der Waals surface area contributed by atoms with Gasteiger partial charge in [0.05, 0.1) is 5.69 Å². The molecule has 0 spiro atoms. The first-order chi connectivity index (χ1) is 17.5. The van der Waals surface area contributed by atoms with E-state index in [9.17, 15) is 9.59 Å². The lowest BCUT2D eigenvalue weighted by Gasteiger charge is -2.48. The topological polar surface area (TPSA) is 82.3 Å². The van der Waals surface area contributed by atoms with Gasteiger partial charge in [-0.25, -0.2) is 5.43 Å². The molecule has 2 heterocycles. The molecule has 3 aromatic carbocycles. The summed E-state index contributed by atoms with van der Waals surface area (Å²) in [6.45, 7) is 0.436. The van der Waals surface area contributed by atoms with E-state index in [1.165, 1.54) is 0 Å². The van der Waals surface area contributed by atoms with E-state index in [1.807, 2.05) is 54.6 Å². The number of halogens is 1. The van der Waals surface area contributed by atoms with E-state index < -0.39 is 11.3 Å². The zero-order valence-corrected chi connectivity index (χ0v) is 20.8. The Hall–Kier alpha value is -3.61. The lowest BCUT2D eigenvalue weighted by atomic mass is 9.58. The van der Waals surface area contributed by atoms with Gasteiger partial charge >= 0.3 is 0 Å². The van der Waals surface area contributed by atoms with Crippen LogP contribution in [-0.2, 0) is 16.0 Å². The molecule has 4 atom stereocenters. The number of piperidine rings is 1. The van der Waals surface area contributed by atoms with Gasteiger partial charge < -0.3 is 16.1 Å². The Labute approximate surface area is 216 Å². The van der Waals surface area contributed by atoms with Crippen molar-refractivity contribution in [2.24, 2.45) is 11.3 Å². The van der Waals surface area contributed by atoms with Crippen LogP contribution in [0.1, 0.15) is 22.6 Å². The predicted molar refractivity (Wildman–Crippen MR) is 143 cm³/mol. The lowest BCUT2D eigenvalue weighted by Crippen LogP contribution is -2.66. The number of para-hydroxylation sites is 1. The number of carbonyl (C=O) groups is 2. The van der Waals surface area contributed by atoms with Crippen molar-refractivity contribution in [2.75, 3.05) is 19.0 Å². The first-order valence-electron chi connectivity index (χ1n) is 12.1. The quantitative estimate of drug-likeness (QED) is 0.397. The fourth-order valence-electron chi connectivity index (χ4n) is 5.63. The van der Waals surface area contributed by atoms with Gasteiger partial charge in [0.2, 0.25) is 11.8 Å². The maximum atomic E-state index is 13.9. The third kappa shape index (κ3) is 4.38. The Morgan fingerprint density at radius 3 is 2.50 bits per heavy atom. The number of hydrogen-bond acceptors (Lipinski definition) is 4. The van der Waals surface area contributed by atoms with Crippen LogP contribution in [0.4, 0.5) is 5.69 Å². The molecule has 0 aliphatic carbocycles. The van der Waals surface area contributed by atoms with Crippen molar-refractivity contribution >= 4 is 35.2 Å². The smallest absolute Gasteiger partial charge is 0.236 e. The van der Waals surface area contributed by atoms with Gasteiger partial charge in [0.25, 0.3) is 0 Å². The van der Waals surface area contributed by atoms with Crippen LogP contribution >= 0.6 is 11.6 Å². The molecular weight excluding hydrogens is 472 g/mol. The first kappa shape index (κ1) is 24.1. The second kappa shape index (κ2) is 10.2. The lowest BCUT2D eigenvalue weighted by molar-refractivity contribution is -0.152. The number of amides is 2. The summed E-state index contributed by atoms with van der Waals surface area (Å²) in [6, 6.07) is 25.1. The van der Waals surface area contributed by atoms with Crippen LogP contribution in [0.15, 0.2) is 84.9 Å². The molecule has 0 saturated carbocycles. The van der Waals surface area contributed by atoms with E-state index in [2.05, 4.69) is 45.8 Å². The van der Waals surface area contributed by atoms with Crippen molar-refractivity contribution in [3.05, 3.63) is 107 Å². The summed E-state index contributed by atoms with van der Waals surface area (Å²) < 4.78 is 0. The van der Waals surface area contributed by atoms with Crippen molar-refractivity contribution in [3.63, 3.8) is 0 Å². The standard InChI is InChI=1S/C29H29ClN4O2/c1-31-27(35)29(17-19-11-14-22(30)15-12-19)26(23(18-32-28(29)36)20-7-3-2-4-8-20)25-16-13-21-9-5-6-10-24(21)33-34-25/h2-16,23,25-26,33-34H,17-18H2,1H3,(H,31,35)(H,32,36). The normalized spacial score (nSPS) is 25.2. The highest BCUT2D eigenvalue weighted by Gasteiger charge is 2.59. The monoisotopic (exact) mass is 500 g/mol. The molecule has 1 fully saturated rings. The molecular formula is C29H29ClN4O2. The number of anilines is 1. The minimum absolute atomic E-state index is 0.112. The van der Waals surface area contributed by atoms with E-state index in [-0.39, 0.29) is 30.2 Å². The molecule has 2 amide bonds. The summed E-state index contributed by atoms with van der Waals surface area (Å²) in [6.07, 6.45) is 4.36. The van der Waals surface area contributed by atoms with Gasteiger partial charge in [0, 0.05) is 36.5 Å². The second-order valence-electron chi connectivity index (χ2n) is 9.35. The predicted octanol–water partition coefficient (Wildman–Crippen LogP) is 4.16. The van der Waals surface area contributed by atoms with Gasteiger partial charge in [-0.05, 0) is 41.3 Å². The molecule has 0 bridgehead atoms. The van der Waals surface area contributed by atoms with Crippen molar-refractivity contribution in [2.45, 2.75) is 18.4 Å². The Morgan fingerprint density at radius 1 is 1.03 bits per heavy atom. The number of hydrazine groups is 1. The van der Waals surface area contributed by atoms with Crippen molar-refractivity contribution in [3.8, 4) is 0 Å². The van der Waals surface area contributed by atoms with Crippen LogP contribution < -0.4 is 21.5 Å². The largest absolute Gasteiger partial charge is 0.358 e. The van der Waals surface area contributed by atoms with Crippen molar-refractivity contribution in [1.29, 1.82) is 0 Å². The molecule has 3 aromatic rings. The number of rotatable bonds is 5. The summed E-state index contributed by atoms with van der Waals surface area (Å²) in [4.78, 5) is 27.7. The van der Waals surface area contributed by atoms with E-state index in [0.717, 1.165) is 22.4 Å². The fraction of sp³-hybridized carbons (Fsp3) is 0.241. The summed E-state index contributed by atoms with van der Waals surface area (Å²) in [5.74, 6) is -1.09. The average Bonchev–Trinajstić information content (AvgIpc) is 3.13. The summed E-state index contributed by atoms with van der Waals surface area (Å²) in [7, 11) is 1.59. The van der Waals surface area contributed by atoms with Crippen LogP contribution in [0.5, 0.6) is 0 Å². The van der Waals surface area contributed by atoms with Crippen LogP contribution in [0.3, 0.4) is 0 Å². The summed E-state index contributed by atoms with van der Waals surface area (Å²) in [5, 5.41) is 6.49. The average molecular weight is 501 g/mol. The molecule has 6 nitrogen and oxygen atoms in total. The van der Waals surface area contributed by atoms with Crippen molar-refractivity contribution in [1.82, 2.24) is 16.1 Å². The highest BCUT2D eigenvalue weighted by Crippen LogP contribution is 2.47. The molecule has 4 N–H and O–H groups in total. The molecule has 1 saturated heterocycles. The Morgan fingerprint density at radius 2 is 1.75 bits per heavy atom. The van der Waals surface area contributed by atoms with Gasteiger partial charge in [-0.1, -0.05) is 84.4 Å². The summed E-state index contributed by atoms with van der Waals surface area (Å²) in [5.41, 5.74) is 9.31. The highest BCUT2D eigenvalue weighted by atomic mass is 35.5. The molecule has 5 rings (SSSR count).